The molecule has 1 saturated heterocycles. The molecule has 5 nitrogen and oxygen atoms in total. The first-order valence-electron chi connectivity index (χ1n) is 8.58. The van der Waals surface area contributed by atoms with Crippen molar-refractivity contribution < 1.29 is 19.7 Å². The largest absolute Gasteiger partial charge is 0.504 e. The van der Waals surface area contributed by atoms with Gasteiger partial charge in [-0.3, -0.25) is 4.79 Å². The number of likely N-dealkylation sites (tertiary alicyclic amines) is 1. The quantitative estimate of drug-likeness (QED) is 0.603. The molecule has 0 radical (unpaired) electrons. The fraction of sp³-hybridized carbons (Fsp3) is 0.526. The molecule has 2 aliphatic carbocycles. The predicted molar refractivity (Wildman–Crippen MR) is 87.6 cm³/mol. The van der Waals surface area contributed by atoms with Gasteiger partial charge in [0, 0.05) is 22.9 Å². The molecule has 1 aromatic rings. The zero-order valence-electron chi connectivity index (χ0n) is 13.8. The van der Waals surface area contributed by atoms with E-state index < -0.39 is 6.10 Å². The van der Waals surface area contributed by atoms with Gasteiger partial charge in [0.05, 0.1) is 5.56 Å². The number of Topliss-reactive ketones (excluding diaryl/α,β-unsaturated/α-hetero) is 1. The number of rotatable bonds is 1. The molecule has 2 heterocycles. The number of ether oxygens (including phenoxy) is 1. The van der Waals surface area contributed by atoms with E-state index in [9.17, 15) is 15.0 Å². The molecule has 5 atom stereocenters. The number of carbonyl (C=O) groups excluding carboxylic acids is 1. The number of phenols is 1. The van der Waals surface area contributed by atoms with E-state index in [0.29, 0.717) is 17.4 Å². The summed E-state index contributed by atoms with van der Waals surface area (Å²) in [6.45, 7) is 2.40. The molecular weight excluding hydrogens is 306 g/mol. The topological polar surface area (TPSA) is 70.0 Å². The molecule has 2 aliphatic heterocycles. The lowest BCUT2D eigenvalue weighted by Crippen LogP contribution is -2.64. The number of phenolic OH excluding ortho intramolecular Hbond substituents is 1. The summed E-state index contributed by atoms with van der Waals surface area (Å²) >= 11 is 0. The lowest BCUT2D eigenvalue weighted by Gasteiger charge is -2.56. The summed E-state index contributed by atoms with van der Waals surface area (Å²) < 4.78 is 6.13. The van der Waals surface area contributed by atoms with E-state index in [1.807, 2.05) is 12.1 Å². The lowest BCUT2D eigenvalue weighted by molar-refractivity contribution is -0.0453. The molecule has 2 N–H and O–H groups in total. The third-order valence-corrected chi connectivity index (χ3v) is 6.64. The van der Waals surface area contributed by atoms with E-state index in [1.165, 1.54) is 6.92 Å². The number of nitrogens with zero attached hydrogens (tertiary/aromatic N) is 1. The first kappa shape index (κ1) is 14.5. The lowest BCUT2D eigenvalue weighted by atomic mass is 9.53. The van der Waals surface area contributed by atoms with E-state index in [0.717, 1.165) is 30.5 Å². The van der Waals surface area contributed by atoms with Crippen molar-refractivity contribution in [2.24, 2.45) is 5.92 Å². The molecule has 24 heavy (non-hydrogen) atoms. The van der Waals surface area contributed by atoms with Crippen molar-refractivity contribution in [1.29, 1.82) is 0 Å². The van der Waals surface area contributed by atoms with Crippen LogP contribution in [-0.2, 0) is 11.8 Å². The summed E-state index contributed by atoms with van der Waals surface area (Å²) in [5.74, 6) is 0.467. The molecule has 126 valence electrons. The van der Waals surface area contributed by atoms with Gasteiger partial charge in [-0.15, -0.1) is 0 Å². The Hall–Kier alpha value is -1.85. The molecule has 0 amide bonds. The Morgan fingerprint density at radius 1 is 1.42 bits per heavy atom. The van der Waals surface area contributed by atoms with Gasteiger partial charge in [-0.2, -0.15) is 0 Å². The third-order valence-electron chi connectivity index (χ3n) is 6.64. The normalized spacial score (nSPS) is 38.6. The summed E-state index contributed by atoms with van der Waals surface area (Å²) in [6, 6.07) is 2.17. The van der Waals surface area contributed by atoms with Crippen LogP contribution in [0.1, 0.15) is 34.8 Å². The summed E-state index contributed by atoms with van der Waals surface area (Å²) in [5.41, 5.74) is 2.15. The Labute approximate surface area is 140 Å². The second-order valence-electron chi connectivity index (χ2n) is 7.67. The van der Waals surface area contributed by atoms with E-state index in [-0.39, 0.29) is 29.0 Å². The molecule has 1 spiro atoms. The Morgan fingerprint density at radius 2 is 2.21 bits per heavy atom. The van der Waals surface area contributed by atoms with Gasteiger partial charge in [-0.25, -0.2) is 0 Å². The molecular formula is C19H21NO4. The molecule has 1 aromatic carbocycles. The number of aromatic hydroxyl groups is 1. The number of aliphatic hydroxyl groups excluding tert-OH is 1. The van der Waals surface area contributed by atoms with Crippen LogP contribution in [0.4, 0.5) is 0 Å². The van der Waals surface area contributed by atoms with Crippen molar-refractivity contribution in [3.05, 3.63) is 34.9 Å². The Kier molecular flexibility index (Phi) is 2.66. The van der Waals surface area contributed by atoms with Crippen LogP contribution in [0.3, 0.4) is 0 Å². The maximum atomic E-state index is 11.9. The number of hydrogen-bond donors (Lipinski definition) is 2. The Balaban J connectivity index is 1.84. The number of ketones is 1. The summed E-state index contributed by atoms with van der Waals surface area (Å²) in [5, 5.41) is 21.2. The number of hydrogen-bond acceptors (Lipinski definition) is 5. The Morgan fingerprint density at radius 3 is 2.96 bits per heavy atom. The minimum absolute atomic E-state index is 0.0617. The number of likely N-dealkylation sites (N-methyl/N-ethyl adjacent to an activating group) is 1. The van der Waals surface area contributed by atoms with E-state index in [4.69, 9.17) is 4.74 Å². The number of carbonyl (C=O) groups is 1. The van der Waals surface area contributed by atoms with Crippen LogP contribution in [0.15, 0.2) is 18.2 Å². The minimum Gasteiger partial charge on any atom is -0.504 e. The Bertz CT molecular complexity index is 801. The van der Waals surface area contributed by atoms with Crippen molar-refractivity contribution >= 4 is 5.78 Å². The van der Waals surface area contributed by atoms with E-state index in [1.54, 1.807) is 0 Å². The molecule has 0 aromatic heterocycles. The molecule has 0 unspecified atom stereocenters. The minimum atomic E-state index is -0.691. The van der Waals surface area contributed by atoms with Crippen molar-refractivity contribution in [1.82, 2.24) is 4.90 Å². The number of piperidine rings is 1. The third kappa shape index (κ3) is 1.46. The average Bonchev–Trinajstić information content (AvgIpc) is 2.90. The first-order chi connectivity index (χ1) is 11.4. The van der Waals surface area contributed by atoms with Gasteiger partial charge in [0.15, 0.2) is 17.3 Å². The van der Waals surface area contributed by atoms with Crippen molar-refractivity contribution in [2.45, 2.75) is 43.4 Å². The first-order valence-corrected chi connectivity index (χ1v) is 8.58. The van der Waals surface area contributed by atoms with Crippen molar-refractivity contribution in [2.75, 3.05) is 13.6 Å². The van der Waals surface area contributed by atoms with Crippen LogP contribution in [0.25, 0.3) is 0 Å². The molecule has 2 bridgehead atoms. The van der Waals surface area contributed by atoms with Crippen LogP contribution in [-0.4, -0.2) is 52.7 Å². The van der Waals surface area contributed by atoms with Gasteiger partial charge in [0.2, 0.25) is 0 Å². The highest BCUT2D eigenvalue weighted by molar-refractivity contribution is 5.98. The van der Waals surface area contributed by atoms with Crippen molar-refractivity contribution in [3.63, 3.8) is 0 Å². The highest BCUT2D eigenvalue weighted by atomic mass is 16.5. The van der Waals surface area contributed by atoms with Gasteiger partial charge < -0.3 is 19.8 Å². The average molecular weight is 327 g/mol. The fourth-order valence-electron chi connectivity index (χ4n) is 5.58. The number of benzene rings is 1. The van der Waals surface area contributed by atoms with Crippen LogP contribution < -0.4 is 4.74 Å². The molecule has 4 aliphatic rings. The SMILES string of the molecule is CC(=O)c1cc2c3c(c1O)O[C@H]1[C@@H](O)C=C[C@H]4[C@@H](C2)N(C)CC[C@@]341. The van der Waals surface area contributed by atoms with Crippen LogP contribution in [0.5, 0.6) is 11.5 Å². The smallest absolute Gasteiger partial charge is 0.169 e. The van der Waals surface area contributed by atoms with E-state index in [2.05, 4.69) is 18.0 Å². The maximum absolute atomic E-state index is 11.9. The van der Waals surface area contributed by atoms with Crippen LogP contribution >= 0.6 is 0 Å². The summed E-state index contributed by atoms with van der Waals surface area (Å²) in [7, 11) is 2.14. The van der Waals surface area contributed by atoms with E-state index >= 15 is 0 Å². The van der Waals surface area contributed by atoms with Gasteiger partial charge >= 0.3 is 0 Å². The second-order valence-corrected chi connectivity index (χ2v) is 7.67. The van der Waals surface area contributed by atoms with Gasteiger partial charge in [-0.05, 0) is 45.0 Å². The second kappa shape index (κ2) is 4.41. The van der Waals surface area contributed by atoms with Crippen LogP contribution in [0, 0.1) is 5.92 Å². The molecule has 0 saturated carbocycles. The zero-order valence-corrected chi connectivity index (χ0v) is 13.8. The summed E-state index contributed by atoms with van der Waals surface area (Å²) in [6.07, 6.45) is 4.62. The maximum Gasteiger partial charge on any atom is 0.169 e. The summed E-state index contributed by atoms with van der Waals surface area (Å²) in [4.78, 5) is 14.3. The van der Waals surface area contributed by atoms with Crippen molar-refractivity contribution in [3.8, 4) is 11.5 Å². The number of aliphatic hydroxyl groups is 1. The monoisotopic (exact) mass is 327 g/mol. The molecule has 5 heteroatoms. The zero-order chi connectivity index (χ0) is 16.8. The standard InChI is InChI=1S/C19H21NO4/c1-9(21)11-7-10-8-13-12-3-4-14(22)18-19(12,5-6-20(13)2)15(10)17(24-18)16(11)23/h3-4,7,12-14,18,22-23H,5-6,8H2,1-2H3/t12-,13+,14-,18-,19-/m0/s1. The van der Waals surface area contributed by atoms with Gasteiger partial charge in [0.25, 0.3) is 0 Å². The molecule has 1 fully saturated rings. The van der Waals surface area contributed by atoms with Crippen LogP contribution in [0.2, 0.25) is 0 Å². The highest BCUT2D eigenvalue weighted by Gasteiger charge is 2.64. The molecule has 5 rings (SSSR count). The highest BCUT2D eigenvalue weighted by Crippen LogP contribution is 2.62. The fourth-order valence-corrected chi connectivity index (χ4v) is 5.58. The van der Waals surface area contributed by atoms with Gasteiger partial charge in [0.1, 0.15) is 12.2 Å². The predicted octanol–water partition coefficient (Wildman–Crippen LogP) is 1.40. The van der Waals surface area contributed by atoms with Gasteiger partial charge in [-0.1, -0.05) is 12.2 Å².